The molecule has 4 nitrogen and oxygen atoms in total. The van der Waals surface area contributed by atoms with Crippen molar-refractivity contribution in [1.29, 1.82) is 0 Å². The van der Waals surface area contributed by atoms with Crippen molar-refractivity contribution in [2.75, 3.05) is 9.80 Å². The molecule has 2 atom stereocenters. The number of thiophene rings is 2. The minimum atomic E-state index is -2.99. The SMILES string of the molecule is FC(c1[c-]c(-c2ccccn2)ccc1)c1[c-]c(N2c3[c-]cccc3[Si](c3ccccc3)(c3ccccc3)c3c2ccc2c3sc3ccccc32)ccc1.FC(c1[c-]c(-c2ccccn2)ccc1)c1[c-]c(N2c3[c-]cccc3[Si](c3ccccc3)(c3ccccc3)c3c2ccc2sc4ccccc4c32)ccc1.[Pd].[Pd]. The summed E-state index contributed by atoms with van der Waals surface area (Å²) in [5.74, 6) is 0. The quantitative estimate of drug-likeness (QED) is 0.0901. The molecular formula is C96H60F2N4Pd2S2Si2-6. The maximum atomic E-state index is 16.7. The van der Waals surface area contributed by atoms with Crippen molar-refractivity contribution in [3.05, 3.63) is 411 Å². The number of halogens is 2. The van der Waals surface area contributed by atoms with Gasteiger partial charge >= 0.3 is 0 Å². The van der Waals surface area contributed by atoms with Gasteiger partial charge in [0.2, 0.25) is 0 Å². The molecule has 0 amide bonds. The van der Waals surface area contributed by atoms with Crippen LogP contribution in [-0.4, -0.2) is 26.1 Å². The van der Waals surface area contributed by atoms with Crippen LogP contribution in [0.25, 0.3) is 62.9 Å². The van der Waals surface area contributed by atoms with Crippen LogP contribution in [0.15, 0.2) is 352 Å². The number of anilines is 6. The van der Waals surface area contributed by atoms with Crippen LogP contribution >= 0.6 is 22.7 Å². The first-order valence-electron chi connectivity index (χ1n) is 35.4. The molecule has 108 heavy (non-hydrogen) atoms. The normalized spacial score (nSPS) is 13.5. The first-order chi connectivity index (χ1) is 52.4. The summed E-state index contributed by atoms with van der Waals surface area (Å²) < 4.78 is 38.5. The Morgan fingerprint density at radius 1 is 0.324 bits per heavy atom. The Morgan fingerprint density at radius 3 is 1.21 bits per heavy atom. The molecule has 4 aromatic heterocycles. The summed E-state index contributed by atoms with van der Waals surface area (Å²) in [6.07, 6.45) is 0.609. The van der Waals surface area contributed by atoms with Crippen molar-refractivity contribution in [2.24, 2.45) is 0 Å². The molecule has 0 aliphatic carbocycles. The van der Waals surface area contributed by atoms with Crippen molar-refractivity contribution in [1.82, 2.24) is 9.97 Å². The third-order valence-electron chi connectivity index (χ3n) is 20.7. The van der Waals surface area contributed by atoms with Crippen molar-refractivity contribution in [3.63, 3.8) is 0 Å². The molecule has 524 valence electrons. The summed E-state index contributed by atoms with van der Waals surface area (Å²) in [7, 11) is -5.95. The van der Waals surface area contributed by atoms with Gasteiger partial charge in [-0.3, -0.25) is 0 Å². The van der Waals surface area contributed by atoms with Gasteiger partial charge in [-0.05, 0) is 64.2 Å². The van der Waals surface area contributed by atoms with E-state index in [1.54, 1.807) is 24.5 Å². The predicted molar refractivity (Wildman–Crippen MR) is 441 cm³/mol. The third-order valence-corrected chi connectivity index (χ3v) is 33.0. The van der Waals surface area contributed by atoms with E-state index in [4.69, 9.17) is 0 Å². The van der Waals surface area contributed by atoms with Crippen LogP contribution in [-0.2, 0) is 40.8 Å². The second-order valence-electron chi connectivity index (χ2n) is 26.5. The zero-order valence-corrected chi connectivity index (χ0v) is 64.4. The minimum Gasteiger partial charge on any atom is -0.358 e. The Kier molecular flexibility index (Phi) is 19.2. The molecule has 0 bridgehead atoms. The van der Waals surface area contributed by atoms with Gasteiger partial charge in [0.15, 0.2) is 0 Å². The van der Waals surface area contributed by atoms with Crippen molar-refractivity contribution in [2.45, 2.75) is 12.3 Å². The summed E-state index contributed by atoms with van der Waals surface area (Å²) in [5, 5.41) is 15.4. The standard InChI is InChI=1S/2C48H30FN2SSi.2Pd/c49-46(34-16-13-15-33(31-34)41-24-11-12-30-50-41)35-17-14-18-36(32-35)51-42-25-8-10-27-45(42)53(37-19-3-1-4-20-37,38-21-5-2-6-22-38)48-43(51)29-28-40-39-23-7-9-26-44(39)52-47(40)48;49-47(34-16-13-15-33(31-34)40-24-11-12-30-50-40)35-17-14-18-36(32-35)51-41-25-8-10-27-45(41)53(37-19-3-1-4-20-37,38-21-5-2-6-22-38)48-42(51)28-29-44-46(48)39-23-7-9-26-43(39)52-44;;/h1-24,26-30,46H;1-24,26-30,47H;;/q2*-3;;. The molecule has 0 saturated carbocycles. The molecule has 18 aromatic rings. The number of para-hydroxylation sites is 2. The maximum absolute atomic E-state index is 16.7. The molecule has 14 aromatic carbocycles. The number of hydrogen-bond donors (Lipinski definition) is 0. The van der Waals surface area contributed by atoms with Crippen LogP contribution in [0.1, 0.15) is 34.6 Å². The Balaban J connectivity index is 0.000000155. The number of rotatable bonds is 12. The van der Waals surface area contributed by atoms with Crippen LogP contribution in [0.3, 0.4) is 0 Å². The third kappa shape index (κ3) is 11.8. The first-order valence-corrected chi connectivity index (χ1v) is 41.0. The summed E-state index contributed by atoms with van der Waals surface area (Å²) in [5.41, 5.74) is 10.4. The maximum Gasteiger partial charge on any atom is 0.129 e. The Morgan fingerprint density at radius 2 is 0.731 bits per heavy atom. The van der Waals surface area contributed by atoms with E-state index in [0.717, 1.165) is 56.6 Å². The van der Waals surface area contributed by atoms with E-state index >= 15 is 8.78 Å². The molecule has 20 rings (SSSR count). The van der Waals surface area contributed by atoms with Crippen LogP contribution in [0, 0.1) is 36.4 Å². The van der Waals surface area contributed by atoms with Gasteiger partial charge in [-0.15, -0.1) is 116 Å². The second-order valence-corrected chi connectivity index (χ2v) is 36.1. The number of fused-ring (bicyclic) bond motifs is 12. The fourth-order valence-corrected chi connectivity index (χ4v) is 29.7. The van der Waals surface area contributed by atoms with Crippen molar-refractivity contribution in [3.8, 4) is 22.5 Å². The Labute approximate surface area is 664 Å². The molecule has 0 radical (unpaired) electrons. The number of hydrogen-bond acceptors (Lipinski definition) is 6. The van der Waals surface area contributed by atoms with Gasteiger partial charge in [-0.2, -0.15) is 84.9 Å². The summed E-state index contributed by atoms with van der Waals surface area (Å²) >= 11 is 3.70. The fraction of sp³-hybridized carbons (Fsp3) is 0.0208. The second kappa shape index (κ2) is 29.7. The Hall–Kier alpha value is -11.0. The smallest absolute Gasteiger partial charge is 0.129 e. The molecule has 0 fully saturated rings. The molecular weight excluding hydrogens is 1580 g/mol. The molecule has 2 aliphatic rings. The van der Waals surface area contributed by atoms with E-state index in [-0.39, 0.29) is 40.8 Å². The van der Waals surface area contributed by atoms with Crippen LogP contribution in [0.4, 0.5) is 42.9 Å². The molecule has 2 aliphatic heterocycles. The van der Waals surface area contributed by atoms with E-state index in [1.807, 2.05) is 132 Å². The summed E-state index contributed by atoms with van der Waals surface area (Å²) in [6.45, 7) is 0. The van der Waals surface area contributed by atoms with Crippen LogP contribution in [0.5, 0.6) is 0 Å². The Bertz CT molecular complexity index is 6230. The van der Waals surface area contributed by atoms with Crippen molar-refractivity contribution >= 4 is 155 Å². The minimum absolute atomic E-state index is 0. The number of benzene rings is 14. The first kappa shape index (κ1) is 70.0. The molecule has 0 N–H and O–H groups in total. The summed E-state index contributed by atoms with van der Waals surface area (Å²) in [4.78, 5) is 13.4. The van der Waals surface area contributed by atoms with E-state index in [9.17, 15) is 0 Å². The average Bonchev–Trinajstić information content (AvgIpc) is 1.18. The molecule has 12 heteroatoms. The molecule has 2 unspecified atom stereocenters. The van der Waals surface area contributed by atoms with Gasteiger partial charge in [0.25, 0.3) is 0 Å². The van der Waals surface area contributed by atoms with E-state index < -0.39 is 28.5 Å². The van der Waals surface area contributed by atoms with E-state index in [2.05, 4.69) is 275 Å². The van der Waals surface area contributed by atoms with E-state index in [1.165, 1.54) is 81.8 Å². The monoisotopic (exact) mass is 1640 g/mol. The summed E-state index contributed by atoms with van der Waals surface area (Å²) in [6, 6.07) is 139. The predicted octanol–water partition coefficient (Wildman–Crippen LogP) is 19.5. The van der Waals surface area contributed by atoms with Gasteiger partial charge in [0, 0.05) is 105 Å². The van der Waals surface area contributed by atoms with Crippen LogP contribution in [0.2, 0.25) is 0 Å². The van der Waals surface area contributed by atoms with Crippen LogP contribution < -0.4 is 51.3 Å². The van der Waals surface area contributed by atoms with Crippen molar-refractivity contribution < 1.29 is 49.6 Å². The average molecular weight is 1640 g/mol. The van der Waals surface area contributed by atoms with Gasteiger partial charge < -0.3 is 19.8 Å². The fourth-order valence-electron chi connectivity index (χ4n) is 16.3. The van der Waals surface area contributed by atoms with Gasteiger partial charge in [0.05, 0.1) is 0 Å². The zero-order valence-electron chi connectivity index (χ0n) is 57.6. The number of aromatic nitrogens is 2. The number of alkyl halides is 2. The largest absolute Gasteiger partial charge is 0.358 e. The molecule has 0 saturated heterocycles. The number of pyridine rings is 2. The van der Waals surface area contributed by atoms with Gasteiger partial charge in [-0.1, -0.05) is 243 Å². The molecule has 6 heterocycles. The molecule has 0 spiro atoms. The number of nitrogens with zero attached hydrogens (tertiary/aromatic N) is 4. The van der Waals surface area contributed by atoms with Gasteiger partial charge in [-0.25, -0.2) is 8.78 Å². The van der Waals surface area contributed by atoms with Gasteiger partial charge in [0.1, 0.15) is 28.5 Å². The zero-order chi connectivity index (χ0) is 70.7. The topological polar surface area (TPSA) is 32.3 Å². The van der Waals surface area contributed by atoms with E-state index in [0.29, 0.717) is 22.3 Å².